The standard InChI is InChI=1S/C6H11NO4S/c1-4(8)7-5(3-12-10)6(9)11-2/h5,10H,3H2,1-2H3,(H,7,8)/t5-/m0/s1. The van der Waals surface area contributed by atoms with Gasteiger partial charge in [0.25, 0.3) is 0 Å². The number of carbonyl (C=O) groups excluding carboxylic acids is 2. The van der Waals surface area contributed by atoms with Gasteiger partial charge in [-0.15, -0.1) is 0 Å². The van der Waals surface area contributed by atoms with Crippen LogP contribution in [0.2, 0.25) is 0 Å². The van der Waals surface area contributed by atoms with E-state index >= 15 is 0 Å². The molecular weight excluding hydrogens is 182 g/mol. The first kappa shape index (κ1) is 11.2. The number of methoxy groups -OCH3 is 1. The van der Waals surface area contributed by atoms with Gasteiger partial charge in [0.1, 0.15) is 6.04 Å². The molecule has 5 nitrogen and oxygen atoms in total. The number of rotatable bonds is 4. The maximum absolute atomic E-state index is 10.9. The van der Waals surface area contributed by atoms with Crippen molar-refractivity contribution in [3.05, 3.63) is 0 Å². The van der Waals surface area contributed by atoms with Crippen LogP contribution in [-0.2, 0) is 14.3 Å². The summed E-state index contributed by atoms with van der Waals surface area (Å²) in [5.41, 5.74) is 0. The molecule has 0 aromatic rings. The number of esters is 1. The predicted molar refractivity (Wildman–Crippen MR) is 44.7 cm³/mol. The first-order chi connectivity index (χ1) is 5.61. The summed E-state index contributed by atoms with van der Waals surface area (Å²) >= 11 is 0.480. The molecule has 0 rings (SSSR count). The van der Waals surface area contributed by atoms with Crippen LogP contribution in [0.15, 0.2) is 0 Å². The number of nitrogens with one attached hydrogen (secondary N) is 1. The van der Waals surface area contributed by atoms with Gasteiger partial charge in [0, 0.05) is 6.92 Å². The fraction of sp³-hybridized carbons (Fsp3) is 0.667. The van der Waals surface area contributed by atoms with E-state index in [1.54, 1.807) is 0 Å². The molecule has 0 spiro atoms. The Morgan fingerprint density at radius 1 is 1.67 bits per heavy atom. The highest BCUT2D eigenvalue weighted by Crippen LogP contribution is 1.98. The molecule has 0 unspecified atom stereocenters. The average Bonchev–Trinajstić information content (AvgIpc) is 2.01. The van der Waals surface area contributed by atoms with Crippen molar-refractivity contribution in [1.29, 1.82) is 0 Å². The number of amides is 1. The minimum atomic E-state index is -0.775. The average molecular weight is 193 g/mol. The Bertz CT molecular complexity index is 173. The Kier molecular flexibility index (Phi) is 5.48. The Balaban J connectivity index is 4.02. The molecule has 0 aromatic carbocycles. The van der Waals surface area contributed by atoms with Crippen LogP contribution in [-0.4, -0.2) is 35.3 Å². The van der Waals surface area contributed by atoms with Crippen molar-refractivity contribution in [3.63, 3.8) is 0 Å². The smallest absolute Gasteiger partial charge is 0.329 e. The number of hydrogen-bond donors (Lipinski definition) is 2. The number of hydrogen-bond acceptors (Lipinski definition) is 5. The van der Waals surface area contributed by atoms with Crippen molar-refractivity contribution in [2.45, 2.75) is 13.0 Å². The fourth-order valence-electron chi connectivity index (χ4n) is 0.631. The summed E-state index contributed by atoms with van der Waals surface area (Å²) in [6.45, 7) is 1.29. The highest BCUT2D eigenvalue weighted by molar-refractivity contribution is 7.93. The van der Waals surface area contributed by atoms with E-state index in [-0.39, 0.29) is 11.7 Å². The van der Waals surface area contributed by atoms with E-state index in [4.69, 9.17) is 4.55 Å². The van der Waals surface area contributed by atoms with Crippen LogP contribution >= 0.6 is 12.0 Å². The third-order valence-electron chi connectivity index (χ3n) is 1.10. The molecule has 2 N–H and O–H groups in total. The Morgan fingerprint density at radius 3 is 2.58 bits per heavy atom. The van der Waals surface area contributed by atoms with Crippen LogP contribution < -0.4 is 5.32 Å². The molecule has 0 saturated carbocycles. The summed E-state index contributed by atoms with van der Waals surface area (Å²) in [4.78, 5) is 21.4. The van der Waals surface area contributed by atoms with Crippen molar-refractivity contribution in [3.8, 4) is 0 Å². The van der Waals surface area contributed by atoms with Crippen molar-refractivity contribution in [2.75, 3.05) is 12.9 Å². The maximum atomic E-state index is 10.9. The Morgan fingerprint density at radius 2 is 2.25 bits per heavy atom. The SMILES string of the molecule is COC(=O)[C@H](CSO)NC(C)=O. The maximum Gasteiger partial charge on any atom is 0.329 e. The summed E-state index contributed by atoms with van der Waals surface area (Å²) in [5.74, 6) is -0.807. The zero-order chi connectivity index (χ0) is 9.56. The highest BCUT2D eigenvalue weighted by atomic mass is 32.2. The highest BCUT2D eigenvalue weighted by Gasteiger charge is 2.19. The largest absolute Gasteiger partial charge is 0.467 e. The van der Waals surface area contributed by atoms with Crippen molar-refractivity contribution in [2.24, 2.45) is 0 Å². The summed E-state index contributed by atoms with van der Waals surface area (Å²) in [6.07, 6.45) is 0. The third-order valence-corrected chi connectivity index (χ3v) is 1.59. The monoisotopic (exact) mass is 193 g/mol. The molecule has 6 heteroatoms. The van der Waals surface area contributed by atoms with Crippen molar-refractivity contribution < 1.29 is 18.9 Å². The van der Waals surface area contributed by atoms with Crippen LogP contribution in [0.25, 0.3) is 0 Å². The molecule has 0 aliphatic rings. The molecule has 0 fully saturated rings. The summed E-state index contributed by atoms with van der Waals surface area (Å²) in [7, 11) is 1.22. The minimum absolute atomic E-state index is 0.0895. The van der Waals surface area contributed by atoms with Gasteiger partial charge in [0.05, 0.1) is 12.9 Å². The Hall–Kier alpha value is -0.750. The van der Waals surface area contributed by atoms with E-state index in [2.05, 4.69) is 10.1 Å². The quantitative estimate of drug-likeness (QED) is 0.480. The first-order valence-electron chi connectivity index (χ1n) is 3.23. The van der Waals surface area contributed by atoms with Crippen LogP contribution in [0.5, 0.6) is 0 Å². The second-order valence-corrected chi connectivity index (χ2v) is 2.66. The van der Waals surface area contributed by atoms with Gasteiger partial charge in [-0.2, -0.15) is 0 Å². The molecule has 12 heavy (non-hydrogen) atoms. The molecule has 0 saturated heterocycles. The topological polar surface area (TPSA) is 75.6 Å². The molecule has 0 aliphatic heterocycles. The molecule has 70 valence electrons. The zero-order valence-corrected chi connectivity index (χ0v) is 7.68. The molecule has 1 amide bonds. The molecule has 0 heterocycles. The Labute approximate surface area is 74.7 Å². The van der Waals surface area contributed by atoms with Gasteiger partial charge in [0.2, 0.25) is 5.91 Å². The van der Waals surface area contributed by atoms with E-state index in [9.17, 15) is 9.59 Å². The van der Waals surface area contributed by atoms with Gasteiger partial charge in [-0.3, -0.25) is 4.79 Å². The normalized spacial score (nSPS) is 11.9. The summed E-state index contributed by atoms with van der Waals surface area (Å²) in [5, 5.41) is 2.34. The lowest BCUT2D eigenvalue weighted by atomic mass is 10.3. The van der Waals surface area contributed by atoms with E-state index in [1.165, 1.54) is 14.0 Å². The van der Waals surface area contributed by atoms with Gasteiger partial charge in [-0.25, -0.2) is 4.79 Å². The molecule has 0 aromatic heterocycles. The van der Waals surface area contributed by atoms with E-state index in [0.29, 0.717) is 12.0 Å². The predicted octanol–water partition coefficient (Wildman–Crippen LogP) is -0.130. The van der Waals surface area contributed by atoms with Gasteiger partial charge in [-0.05, 0) is 12.0 Å². The van der Waals surface area contributed by atoms with Gasteiger partial charge < -0.3 is 14.6 Å². The van der Waals surface area contributed by atoms with Gasteiger partial charge in [0.15, 0.2) is 0 Å². The summed E-state index contributed by atoms with van der Waals surface area (Å²) in [6, 6.07) is -0.775. The van der Waals surface area contributed by atoms with Gasteiger partial charge >= 0.3 is 5.97 Å². The molecule has 0 radical (unpaired) electrons. The lowest BCUT2D eigenvalue weighted by molar-refractivity contribution is -0.144. The van der Waals surface area contributed by atoms with Crippen molar-refractivity contribution in [1.82, 2.24) is 5.32 Å². The molecule has 1 atom stereocenters. The van der Waals surface area contributed by atoms with E-state index < -0.39 is 12.0 Å². The minimum Gasteiger partial charge on any atom is -0.467 e. The molecular formula is C6H11NO4S. The van der Waals surface area contributed by atoms with E-state index in [1.807, 2.05) is 0 Å². The van der Waals surface area contributed by atoms with Crippen molar-refractivity contribution >= 4 is 23.9 Å². The van der Waals surface area contributed by atoms with Crippen LogP contribution in [0.4, 0.5) is 0 Å². The van der Waals surface area contributed by atoms with Gasteiger partial charge in [-0.1, -0.05) is 0 Å². The van der Waals surface area contributed by atoms with E-state index in [0.717, 1.165) is 0 Å². The second kappa shape index (κ2) is 5.84. The lowest BCUT2D eigenvalue weighted by Crippen LogP contribution is -2.42. The van der Waals surface area contributed by atoms with Crippen LogP contribution in [0.3, 0.4) is 0 Å². The first-order valence-corrected chi connectivity index (χ1v) is 4.17. The second-order valence-electron chi connectivity index (χ2n) is 2.07. The molecule has 0 bridgehead atoms. The third kappa shape index (κ3) is 4.20. The van der Waals surface area contributed by atoms with Crippen LogP contribution in [0, 0.1) is 0 Å². The summed E-state index contributed by atoms with van der Waals surface area (Å²) < 4.78 is 12.8. The molecule has 0 aliphatic carbocycles. The zero-order valence-electron chi connectivity index (χ0n) is 6.86. The fourth-order valence-corrected chi connectivity index (χ4v) is 0.999. The number of carbonyl (C=O) groups is 2. The number of ether oxygens (including phenoxy) is 1. The van der Waals surface area contributed by atoms with Crippen LogP contribution in [0.1, 0.15) is 6.92 Å². The lowest BCUT2D eigenvalue weighted by Gasteiger charge is -2.12.